The Labute approximate surface area is 72.8 Å². The summed E-state index contributed by atoms with van der Waals surface area (Å²) in [5.41, 5.74) is 0.968. The monoisotopic (exact) mass is 163 g/mol. The lowest BCUT2D eigenvalue weighted by Gasteiger charge is -1.88. The van der Waals surface area contributed by atoms with Gasteiger partial charge in [-0.15, -0.1) is 0 Å². The third kappa shape index (κ3) is 2.77. The molecule has 1 heterocycles. The Hall–Kier alpha value is -1.27. The molecule has 64 valence electrons. The van der Waals surface area contributed by atoms with E-state index in [9.17, 15) is 0 Å². The van der Waals surface area contributed by atoms with Gasteiger partial charge < -0.3 is 5.32 Å². The Morgan fingerprint density at radius 1 is 1.67 bits per heavy atom. The van der Waals surface area contributed by atoms with Crippen LogP contribution < -0.4 is 5.32 Å². The summed E-state index contributed by atoms with van der Waals surface area (Å²) in [6, 6.07) is 0. The predicted molar refractivity (Wildman–Crippen MR) is 48.6 cm³/mol. The maximum atomic E-state index is 4.01. The van der Waals surface area contributed by atoms with Crippen molar-refractivity contribution in [3.63, 3.8) is 0 Å². The summed E-state index contributed by atoms with van der Waals surface area (Å²) in [6.45, 7) is 3.76. The van der Waals surface area contributed by atoms with E-state index in [0.717, 1.165) is 18.7 Å². The van der Waals surface area contributed by atoms with Gasteiger partial charge in [0.15, 0.2) is 0 Å². The summed E-state index contributed by atoms with van der Waals surface area (Å²) in [6.07, 6.45) is 3.66. The SMILES string of the molecule is CCNCC#Cc1cnn(C)c1. The van der Waals surface area contributed by atoms with E-state index in [1.54, 1.807) is 10.9 Å². The van der Waals surface area contributed by atoms with Crippen LogP contribution in [0, 0.1) is 11.8 Å². The molecule has 3 heteroatoms. The quantitative estimate of drug-likeness (QED) is 0.504. The smallest absolute Gasteiger partial charge is 0.0646 e. The first-order valence-electron chi connectivity index (χ1n) is 4.01. The highest BCUT2D eigenvalue weighted by atomic mass is 15.2. The topological polar surface area (TPSA) is 29.9 Å². The molecule has 0 amide bonds. The molecule has 0 saturated carbocycles. The molecule has 0 aliphatic rings. The minimum Gasteiger partial charge on any atom is -0.306 e. The fourth-order valence-electron chi connectivity index (χ4n) is 0.820. The van der Waals surface area contributed by atoms with Crippen molar-refractivity contribution in [3.05, 3.63) is 18.0 Å². The zero-order valence-corrected chi connectivity index (χ0v) is 7.46. The van der Waals surface area contributed by atoms with E-state index < -0.39 is 0 Å². The maximum Gasteiger partial charge on any atom is 0.0646 e. The van der Waals surface area contributed by atoms with E-state index in [-0.39, 0.29) is 0 Å². The van der Waals surface area contributed by atoms with E-state index in [4.69, 9.17) is 0 Å². The van der Waals surface area contributed by atoms with Crippen LogP contribution in [0.2, 0.25) is 0 Å². The van der Waals surface area contributed by atoms with Gasteiger partial charge in [0.1, 0.15) is 0 Å². The lowest BCUT2D eigenvalue weighted by atomic mass is 10.3. The second kappa shape index (κ2) is 4.58. The molecule has 1 aromatic heterocycles. The Balaban J connectivity index is 2.43. The summed E-state index contributed by atoms with van der Waals surface area (Å²) < 4.78 is 1.75. The Morgan fingerprint density at radius 3 is 3.08 bits per heavy atom. The molecule has 0 aromatic carbocycles. The molecular weight excluding hydrogens is 150 g/mol. The van der Waals surface area contributed by atoms with Gasteiger partial charge in [-0.3, -0.25) is 4.68 Å². The minimum atomic E-state index is 0.741. The minimum absolute atomic E-state index is 0.741. The van der Waals surface area contributed by atoms with Crippen LogP contribution in [0.5, 0.6) is 0 Å². The van der Waals surface area contributed by atoms with Crippen molar-refractivity contribution < 1.29 is 0 Å². The van der Waals surface area contributed by atoms with Crippen molar-refractivity contribution in [2.24, 2.45) is 7.05 Å². The lowest BCUT2D eigenvalue weighted by molar-refractivity contribution is 0.767. The van der Waals surface area contributed by atoms with Crippen LogP contribution in [0.15, 0.2) is 12.4 Å². The third-order valence-electron chi connectivity index (χ3n) is 1.40. The second-order valence-corrected chi connectivity index (χ2v) is 2.48. The molecule has 0 aliphatic heterocycles. The van der Waals surface area contributed by atoms with Gasteiger partial charge in [0.05, 0.1) is 18.3 Å². The molecule has 1 N–H and O–H groups in total. The van der Waals surface area contributed by atoms with Gasteiger partial charge in [-0.25, -0.2) is 0 Å². The summed E-state index contributed by atoms with van der Waals surface area (Å²) >= 11 is 0. The first-order valence-corrected chi connectivity index (χ1v) is 4.01. The van der Waals surface area contributed by atoms with Crippen LogP contribution in [-0.2, 0) is 7.05 Å². The van der Waals surface area contributed by atoms with Crippen molar-refractivity contribution >= 4 is 0 Å². The highest BCUT2D eigenvalue weighted by Gasteiger charge is 1.87. The number of aryl methyl sites for hydroxylation is 1. The molecule has 0 atom stereocenters. The van der Waals surface area contributed by atoms with E-state index in [2.05, 4.69) is 29.2 Å². The molecule has 1 rings (SSSR count). The van der Waals surface area contributed by atoms with Gasteiger partial charge in [-0.2, -0.15) is 5.10 Å². The number of nitrogens with one attached hydrogen (secondary N) is 1. The van der Waals surface area contributed by atoms with Crippen molar-refractivity contribution in [1.82, 2.24) is 15.1 Å². The van der Waals surface area contributed by atoms with Gasteiger partial charge in [-0.1, -0.05) is 18.8 Å². The first kappa shape index (κ1) is 8.82. The molecule has 0 radical (unpaired) electrons. The van der Waals surface area contributed by atoms with Crippen LogP contribution in [0.1, 0.15) is 12.5 Å². The van der Waals surface area contributed by atoms with Crippen molar-refractivity contribution in [1.29, 1.82) is 0 Å². The van der Waals surface area contributed by atoms with E-state index in [1.807, 2.05) is 13.2 Å². The highest BCUT2D eigenvalue weighted by molar-refractivity contribution is 5.29. The van der Waals surface area contributed by atoms with Crippen LogP contribution in [-0.4, -0.2) is 22.9 Å². The molecule has 0 aliphatic carbocycles. The average molecular weight is 163 g/mol. The molecule has 0 bridgehead atoms. The Bertz CT molecular complexity index is 290. The number of nitrogens with zero attached hydrogens (tertiary/aromatic N) is 2. The summed E-state index contributed by atoms with van der Waals surface area (Å²) in [5.74, 6) is 6.01. The molecular formula is C9H13N3. The highest BCUT2D eigenvalue weighted by Crippen LogP contribution is 1.90. The Morgan fingerprint density at radius 2 is 2.50 bits per heavy atom. The second-order valence-electron chi connectivity index (χ2n) is 2.48. The summed E-state index contributed by atoms with van der Waals surface area (Å²) in [5, 5.41) is 7.13. The van der Waals surface area contributed by atoms with E-state index >= 15 is 0 Å². The van der Waals surface area contributed by atoms with Crippen molar-refractivity contribution in [2.45, 2.75) is 6.92 Å². The van der Waals surface area contributed by atoms with Crippen LogP contribution in [0.25, 0.3) is 0 Å². The number of hydrogen-bond donors (Lipinski definition) is 1. The third-order valence-corrected chi connectivity index (χ3v) is 1.40. The number of aromatic nitrogens is 2. The Kier molecular flexibility index (Phi) is 3.36. The van der Waals surface area contributed by atoms with Gasteiger partial charge in [0.25, 0.3) is 0 Å². The maximum absolute atomic E-state index is 4.01. The van der Waals surface area contributed by atoms with Crippen molar-refractivity contribution in [3.8, 4) is 11.8 Å². The fourth-order valence-corrected chi connectivity index (χ4v) is 0.820. The predicted octanol–water partition coefficient (Wildman–Crippen LogP) is 0.381. The van der Waals surface area contributed by atoms with Crippen LogP contribution >= 0.6 is 0 Å². The fraction of sp³-hybridized carbons (Fsp3) is 0.444. The molecule has 12 heavy (non-hydrogen) atoms. The van der Waals surface area contributed by atoms with Gasteiger partial charge in [0.2, 0.25) is 0 Å². The summed E-state index contributed by atoms with van der Waals surface area (Å²) in [4.78, 5) is 0. The van der Waals surface area contributed by atoms with Crippen LogP contribution in [0.3, 0.4) is 0 Å². The zero-order valence-electron chi connectivity index (χ0n) is 7.46. The standard InChI is InChI=1S/C9H13N3/c1-3-10-6-4-5-9-7-11-12(2)8-9/h7-8,10H,3,6H2,1-2H3. The van der Waals surface area contributed by atoms with Gasteiger partial charge >= 0.3 is 0 Å². The van der Waals surface area contributed by atoms with Gasteiger partial charge in [0, 0.05) is 13.2 Å². The average Bonchev–Trinajstić information content (AvgIpc) is 2.45. The molecule has 0 saturated heterocycles. The largest absolute Gasteiger partial charge is 0.306 e. The van der Waals surface area contributed by atoms with Crippen LogP contribution in [0.4, 0.5) is 0 Å². The number of hydrogen-bond acceptors (Lipinski definition) is 2. The first-order chi connectivity index (χ1) is 5.83. The summed E-state index contributed by atoms with van der Waals surface area (Å²) in [7, 11) is 1.88. The molecule has 0 unspecified atom stereocenters. The number of rotatable bonds is 2. The zero-order chi connectivity index (χ0) is 8.81. The molecule has 3 nitrogen and oxygen atoms in total. The van der Waals surface area contributed by atoms with E-state index in [0.29, 0.717) is 0 Å². The van der Waals surface area contributed by atoms with E-state index in [1.165, 1.54) is 0 Å². The normalized spacial score (nSPS) is 9.17. The van der Waals surface area contributed by atoms with Gasteiger partial charge in [-0.05, 0) is 6.54 Å². The lowest BCUT2D eigenvalue weighted by Crippen LogP contribution is -2.11. The van der Waals surface area contributed by atoms with Crippen molar-refractivity contribution in [2.75, 3.05) is 13.1 Å². The molecule has 0 fully saturated rings. The molecule has 1 aromatic rings. The molecule has 0 spiro atoms.